The highest BCUT2D eigenvalue weighted by Gasteiger charge is 2.16. The van der Waals surface area contributed by atoms with Crippen LogP contribution in [-0.4, -0.2) is 83.6 Å². The van der Waals surface area contributed by atoms with Gasteiger partial charge in [-0.1, -0.05) is 12.1 Å². The number of rotatable bonds is 10. The lowest BCUT2D eigenvalue weighted by Crippen LogP contribution is -2.46. The Morgan fingerprint density at radius 3 is 2.52 bits per heavy atom. The Balaban J connectivity index is 0.00000480. The molecule has 1 aliphatic heterocycles. The Bertz CT molecular complexity index is 780. The predicted octanol–water partition coefficient (Wildman–Crippen LogP) is 2.50. The van der Waals surface area contributed by atoms with E-state index in [0.717, 1.165) is 58.1 Å². The van der Waals surface area contributed by atoms with Gasteiger partial charge in [-0.3, -0.25) is 9.89 Å². The molecule has 1 atom stereocenters. The largest absolute Gasteiger partial charge is 0.369 e. The molecular formula is C22H40IN5O2S. The van der Waals surface area contributed by atoms with Crippen molar-refractivity contribution in [2.45, 2.75) is 39.2 Å². The Labute approximate surface area is 206 Å². The first-order valence-corrected chi connectivity index (χ1v) is 13.0. The van der Waals surface area contributed by atoms with Gasteiger partial charge in [-0.25, -0.2) is 8.42 Å². The summed E-state index contributed by atoms with van der Waals surface area (Å²) in [5.74, 6) is 0.928. The maximum Gasteiger partial charge on any atom is 0.191 e. The van der Waals surface area contributed by atoms with Crippen LogP contribution < -0.4 is 15.5 Å². The molecule has 7 nitrogen and oxygen atoms in total. The van der Waals surface area contributed by atoms with Crippen molar-refractivity contribution in [3.63, 3.8) is 0 Å². The van der Waals surface area contributed by atoms with Crippen molar-refractivity contribution >= 4 is 45.5 Å². The molecule has 1 fully saturated rings. The first kappa shape index (κ1) is 28.0. The van der Waals surface area contributed by atoms with E-state index in [1.807, 2.05) is 6.92 Å². The number of aliphatic imine (C=N–C) groups is 1. The molecule has 2 rings (SSSR count). The molecule has 31 heavy (non-hydrogen) atoms. The van der Waals surface area contributed by atoms with Crippen LogP contribution >= 0.6 is 24.0 Å². The highest BCUT2D eigenvalue weighted by molar-refractivity contribution is 14.0. The Morgan fingerprint density at radius 2 is 1.90 bits per heavy atom. The molecule has 1 aliphatic rings. The number of guanidine groups is 1. The molecule has 0 bridgehead atoms. The van der Waals surface area contributed by atoms with Gasteiger partial charge in [0.25, 0.3) is 0 Å². The van der Waals surface area contributed by atoms with E-state index < -0.39 is 9.84 Å². The average molecular weight is 566 g/mol. The summed E-state index contributed by atoms with van der Waals surface area (Å²) in [5.41, 5.74) is 2.65. The smallest absolute Gasteiger partial charge is 0.191 e. The Hall–Kier alpha value is -1.07. The molecule has 1 unspecified atom stereocenters. The van der Waals surface area contributed by atoms with E-state index in [1.54, 1.807) is 7.05 Å². The number of sulfone groups is 1. The zero-order valence-corrected chi connectivity index (χ0v) is 22.6. The fourth-order valence-corrected chi connectivity index (χ4v) is 4.39. The third-order valence-corrected chi connectivity index (χ3v) is 6.44. The van der Waals surface area contributed by atoms with Crippen LogP contribution in [0.3, 0.4) is 0 Å². The molecule has 0 spiro atoms. The number of anilines is 1. The lowest BCUT2D eigenvalue weighted by atomic mass is 10.2. The zero-order valence-electron chi connectivity index (χ0n) is 19.4. The quantitative estimate of drug-likeness (QED) is 0.197. The summed E-state index contributed by atoms with van der Waals surface area (Å²) in [7, 11) is -1.18. The van der Waals surface area contributed by atoms with E-state index in [0.29, 0.717) is 6.42 Å². The normalized spacial score (nSPS) is 16.5. The topological polar surface area (TPSA) is 77.0 Å². The van der Waals surface area contributed by atoms with Crippen LogP contribution in [-0.2, 0) is 9.84 Å². The maximum atomic E-state index is 11.3. The molecule has 0 radical (unpaired) electrons. The minimum atomic E-state index is -2.93. The van der Waals surface area contributed by atoms with Crippen molar-refractivity contribution in [1.82, 2.24) is 15.5 Å². The van der Waals surface area contributed by atoms with E-state index in [2.05, 4.69) is 56.6 Å². The molecule has 0 aromatic heterocycles. The molecular weight excluding hydrogens is 525 g/mol. The van der Waals surface area contributed by atoms with Crippen LogP contribution in [0.2, 0.25) is 0 Å². The monoisotopic (exact) mass is 565 g/mol. The fraction of sp³-hybridized carbons (Fsp3) is 0.682. The second-order valence-electron chi connectivity index (χ2n) is 8.34. The molecule has 1 aromatic carbocycles. The van der Waals surface area contributed by atoms with Gasteiger partial charge >= 0.3 is 0 Å². The second kappa shape index (κ2) is 14.2. The Kier molecular flexibility index (Phi) is 12.8. The van der Waals surface area contributed by atoms with E-state index >= 15 is 0 Å². The van der Waals surface area contributed by atoms with Gasteiger partial charge in [-0.15, -0.1) is 24.0 Å². The van der Waals surface area contributed by atoms with E-state index in [-0.39, 0.29) is 35.8 Å². The van der Waals surface area contributed by atoms with Crippen LogP contribution in [0.4, 0.5) is 5.69 Å². The standard InChI is InChI=1S/C22H39N5O2S.HI/c1-19-8-7-9-21(18-19)27-15-13-26(14-16-27)12-6-5-11-24-22(23-3)25-20(2)10-17-30(4,28)29;/h7-9,18,20H,5-6,10-17H2,1-4H3,(H2,23,24,25);1H. The summed E-state index contributed by atoms with van der Waals surface area (Å²) in [4.78, 5) is 9.26. The number of nitrogens with one attached hydrogen (secondary N) is 2. The molecule has 1 saturated heterocycles. The first-order chi connectivity index (χ1) is 14.3. The van der Waals surface area contributed by atoms with E-state index in [9.17, 15) is 8.42 Å². The van der Waals surface area contributed by atoms with Gasteiger partial charge in [-0.05, 0) is 57.4 Å². The lowest BCUT2D eigenvalue weighted by molar-refractivity contribution is 0.253. The highest BCUT2D eigenvalue weighted by atomic mass is 127. The molecule has 0 amide bonds. The van der Waals surface area contributed by atoms with Gasteiger partial charge < -0.3 is 15.5 Å². The van der Waals surface area contributed by atoms with Crippen molar-refractivity contribution in [2.75, 3.05) is 63.2 Å². The number of nitrogens with zero attached hydrogens (tertiary/aromatic N) is 3. The van der Waals surface area contributed by atoms with Gasteiger partial charge in [0.05, 0.1) is 5.75 Å². The summed E-state index contributed by atoms with van der Waals surface area (Å²) in [6, 6.07) is 8.82. The second-order valence-corrected chi connectivity index (χ2v) is 10.6. The molecule has 0 aliphatic carbocycles. The van der Waals surface area contributed by atoms with Crippen LogP contribution in [0, 0.1) is 6.92 Å². The van der Waals surface area contributed by atoms with Crippen molar-refractivity contribution in [3.8, 4) is 0 Å². The number of aryl methyl sites for hydroxylation is 1. The lowest BCUT2D eigenvalue weighted by Gasteiger charge is -2.36. The van der Waals surface area contributed by atoms with Crippen molar-refractivity contribution in [1.29, 1.82) is 0 Å². The van der Waals surface area contributed by atoms with Crippen LogP contribution in [0.1, 0.15) is 31.7 Å². The number of hydrogen-bond donors (Lipinski definition) is 2. The summed E-state index contributed by atoms with van der Waals surface area (Å²) in [6.45, 7) is 10.5. The first-order valence-electron chi connectivity index (χ1n) is 11.0. The number of benzene rings is 1. The predicted molar refractivity (Wildman–Crippen MR) is 143 cm³/mol. The van der Waals surface area contributed by atoms with Crippen molar-refractivity contribution in [2.24, 2.45) is 4.99 Å². The molecule has 1 heterocycles. The van der Waals surface area contributed by atoms with Gasteiger partial charge in [-0.2, -0.15) is 0 Å². The fourth-order valence-electron chi connectivity index (χ4n) is 3.61. The summed E-state index contributed by atoms with van der Waals surface area (Å²) in [5, 5.41) is 6.59. The van der Waals surface area contributed by atoms with Gasteiger partial charge in [0.15, 0.2) is 5.96 Å². The number of halogens is 1. The minimum Gasteiger partial charge on any atom is -0.369 e. The third kappa shape index (κ3) is 11.4. The average Bonchev–Trinajstić information content (AvgIpc) is 2.71. The molecule has 2 N–H and O–H groups in total. The highest BCUT2D eigenvalue weighted by Crippen LogP contribution is 2.17. The van der Waals surface area contributed by atoms with Gasteiger partial charge in [0, 0.05) is 57.8 Å². The Morgan fingerprint density at radius 1 is 1.19 bits per heavy atom. The van der Waals surface area contributed by atoms with Crippen molar-refractivity contribution < 1.29 is 8.42 Å². The SMILES string of the molecule is CN=C(NCCCCN1CCN(c2cccc(C)c2)CC1)NC(C)CCS(C)(=O)=O.I. The van der Waals surface area contributed by atoms with Gasteiger partial charge in [0.1, 0.15) is 9.84 Å². The summed E-state index contributed by atoms with van der Waals surface area (Å²) in [6.07, 6.45) is 4.08. The van der Waals surface area contributed by atoms with Crippen LogP contribution in [0.25, 0.3) is 0 Å². The van der Waals surface area contributed by atoms with Crippen LogP contribution in [0.5, 0.6) is 0 Å². The molecule has 178 valence electrons. The maximum absolute atomic E-state index is 11.3. The summed E-state index contributed by atoms with van der Waals surface area (Å²) >= 11 is 0. The van der Waals surface area contributed by atoms with E-state index in [1.165, 1.54) is 17.5 Å². The minimum absolute atomic E-state index is 0. The molecule has 0 saturated carbocycles. The zero-order chi connectivity index (χ0) is 22.0. The number of unbranched alkanes of at least 4 members (excludes halogenated alkanes) is 1. The molecule has 1 aromatic rings. The van der Waals surface area contributed by atoms with Gasteiger partial charge in [0.2, 0.25) is 0 Å². The number of piperazine rings is 1. The van der Waals surface area contributed by atoms with E-state index in [4.69, 9.17) is 0 Å². The van der Waals surface area contributed by atoms with Crippen LogP contribution in [0.15, 0.2) is 29.3 Å². The number of hydrogen-bond acceptors (Lipinski definition) is 5. The third-order valence-electron chi connectivity index (χ3n) is 5.46. The summed E-state index contributed by atoms with van der Waals surface area (Å²) < 4.78 is 22.6. The van der Waals surface area contributed by atoms with Crippen molar-refractivity contribution in [3.05, 3.63) is 29.8 Å². The molecule has 9 heteroatoms.